The first-order valence-corrected chi connectivity index (χ1v) is 11.6. The van der Waals surface area contributed by atoms with Crippen LogP contribution >= 0.6 is 39.1 Å². The highest BCUT2D eigenvalue weighted by molar-refractivity contribution is 9.10. The molecule has 0 radical (unpaired) electrons. The Morgan fingerprint density at radius 2 is 1.91 bits per heavy atom. The van der Waals surface area contributed by atoms with Gasteiger partial charge in [0.25, 0.3) is 5.91 Å². The van der Waals surface area contributed by atoms with Crippen molar-refractivity contribution in [2.75, 3.05) is 5.32 Å². The smallest absolute Gasteiger partial charge is 0.291 e. The van der Waals surface area contributed by atoms with Crippen LogP contribution in [0.5, 0.6) is 5.75 Å². The highest BCUT2D eigenvalue weighted by Gasteiger charge is 2.18. The molecule has 33 heavy (non-hydrogen) atoms. The van der Waals surface area contributed by atoms with Crippen molar-refractivity contribution >= 4 is 50.7 Å². The van der Waals surface area contributed by atoms with Crippen LogP contribution in [-0.2, 0) is 13.2 Å². The second-order valence-electron chi connectivity index (χ2n) is 7.39. The maximum atomic E-state index is 12.8. The molecule has 2 aromatic heterocycles. The van der Waals surface area contributed by atoms with Crippen LogP contribution in [0.15, 0.2) is 63.5 Å². The maximum absolute atomic E-state index is 12.8. The Labute approximate surface area is 209 Å². The van der Waals surface area contributed by atoms with Gasteiger partial charge in [-0.25, -0.2) is 0 Å². The quantitative estimate of drug-likeness (QED) is 0.269. The van der Waals surface area contributed by atoms with Crippen LogP contribution < -0.4 is 10.1 Å². The lowest BCUT2D eigenvalue weighted by molar-refractivity contribution is 0.0992. The first-order valence-electron chi connectivity index (χ1n) is 10.1. The number of ether oxygens (including phenoxy) is 1. The fourth-order valence-corrected chi connectivity index (χ4v) is 4.03. The third-order valence-corrected chi connectivity index (χ3v) is 6.42. The third-order valence-electron chi connectivity index (χ3n) is 5.03. The Morgan fingerprint density at radius 1 is 1.12 bits per heavy atom. The molecule has 1 amide bonds. The summed E-state index contributed by atoms with van der Waals surface area (Å²) in [5.74, 6) is 1.07. The van der Waals surface area contributed by atoms with Gasteiger partial charge in [0, 0.05) is 0 Å². The fraction of sp³-hybridized carbons (Fsp3) is 0.167. The highest BCUT2D eigenvalue weighted by atomic mass is 79.9. The van der Waals surface area contributed by atoms with E-state index in [0.717, 1.165) is 15.7 Å². The number of nitrogens with zero attached hydrogens (tertiary/aromatic N) is 2. The number of aryl methyl sites for hydroxylation is 1. The minimum atomic E-state index is -0.359. The van der Waals surface area contributed by atoms with Crippen LogP contribution in [0.3, 0.4) is 0 Å². The molecule has 170 valence electrons. The lowest BCUT2D eigenvalue weighted by atomic mass is 10.2. The van der Waals surface area contributed by atoms with E-state index in [1.807, 2.05) is 48.9 Å². The van der Waals surface area contributed by atoms with Crippen LogP contribution in [0.25, 0.3) is 0 Å². The Hall–Kier alpha value is -2.74. The number of furan rings is 1. The molecule has 6 nitrogen and oxygen atoms in total. The number of hydrogen-bond acceptors (Lipinski definition) is 4. The number of aromatic nitrogens is 2. The molecule has 2 aromatic carbocycles. The topological polar surface area (TPSA) is 69.3 Å². The molecule has 4 aromatic rings. The van der Waals surface area contributed by atoms with Crippen molar-refractivity contribution in [2.24, 2.45) is 0 Å². The van der Waals surface area contributed by atoms with E-state index in [1.165, 1.54) is 0 Å². The number of anilines is 1. The lowest BCUT2D eigenvalue weighted by Gasteiger charge is -2.08. The molecule has 4 rings (SSSR count). The Balaban J connectivity index is 1.43. The van der Waals surface area contributed by atoms with Gasteiger partial charge < -0.3 is 14.5 Å². The number of hydrogen-bond donors (Lipinski definition) is 1. The predicted molar refractivity (Wildman–Crippen MR) is 132 cm³/mol. The van der Waals surface area contributed by atoms with E-state index in [0.29, 0.717) is 39.5 Å². The van der Waals surface area contributed by atoms with E-state index in [9.17, 15) is 4.79 Å². The van der Waals surface area contributed by atoms with E-state index in [1.54, 1.807) is 24.3 Å². The zero-order valence-corrected chi connectivity index (χ0v) is 21.0. The molecule has 0 spiro atoms. The highest BCUT2D eigenvalue weighted by Crippen LogP contribution is 2.27. The summed E-state index contributed by atoms with van der Waals surface area (Å²) in [7, 11) is 0. The summed E-state index contributed by atoms with van der Waals surface area (Å²) >= 11 is 15.6. The number of amides is 1. The van der Waals surface area contributed by atoms with Gasteiger partial charge in [0.1, 0.15) is 18.1 Å². The minimum Gasteiger partial charge on any atom is -0.484 e. The van der Waals surface area contributed by atoms with Crippen LogP contribution in [0, 0.1) is 13.8 Å². The normalized spacial score (nSPS) is 10.9. The van der Waals surface area contributed by atoms with Crippen molar-refractivity contribution in [2.45, 2.75) is 27.0 Å². The molecule has 1 N–H and O–H groups in total. The van der Waals surface area contributed by atoms with Crippen molar-refractivity contribution in [1.82, 2.24) is 9.78 Å². The molecule has 0 saturated carbocycles. The molecule has 0 bridgehead atoms. The van der Waals surface area contributed by atoms with Gasteiger partial charge in [-0.2, -0.15) is 5.10 Å². The summed E-state index contributed by atoms with van der Waals surface area (Å²) in [6, 6.07) is 16.3. The molecule has 0 aliphatic heterocycles. The Bertz CT molecular complexity index is 1320. The molecule has 0 saturated heterocycles. The molecule has 0 fully saturated rings. The van der Waals surface area contributed by atoms with Gasteiger partial charge in [0.15, 0.2) is 5.76 Å². The maximum Gasteiger partial charge on any atom is 0.291 e. The van der Waals surface area contributed by atoms with E-state index in [4.69, 9.17) is 32.4 Å². The summed E-state index contributed by atoms with van der Waals surface area (Å²) < 4.78 is 14.1. The molecule has 0 aliphatic rings. The fourth-order valence-electron chi connectivity index (χ4n) is 3.31. The average Bonchev–Trinajstić information content (AvgIpc) is 3.36. The molecular formula is C24H20BrCl2N3O3. The number of rotatable bonds is 7. The van der Waals surface area contributed by atoms with Gasteiger partial charge in [-0.1, -0.05) is 41.4 Å². The number of carbonyl (C=O) groups excluding carboxylic acids is 1. The molecule has 9 heteroatoms. The molecule has 0 unspecified atom stereocenters. The van der Waals surface area contributed by atoms with Crippen molar-refractivity contribution in [3.05, 3.63) is 97.6 Å². The van der Waals surface area contributed by atoms with Crippen LogP contribution in [-0.4, -0.2) is 15.7 Å². The number of benzene rings is 2. The monoisotopic (exact) mass is 547 g/mol. The van der Waals surface area contributed by atoms with Crippen LogP contribution in [0.1, 0.15) is 33.3 Å². The van der Waals surface area contributed by atoms with Crippen molar-refractivity contribution in [3.63, 3.8) is 0 Å². The number of nitrogens with one attached hydrogen (secondary N) is 1. The van der Waals surface area contributed by atoms with E-state index >= 15 is 0 Å². The minimum absolute atomic E-state index is 0.191. The molecular weight excluding hydrogens is 529 g/mol. The number of para-hydroxylation sites is 1. The first kappa shape index (κ1) is 23.4. The lowest BCUT2D eigenvalue weighted by Crippen LogP contribution is -2.12. The predicted octanol–water partition coefficient (Wildman–Crippen LogP) is 7.04. The van der Waals surface area contributed by atoms with Gasteiger partial charge in [0.05, 0.1) is 38.1 Å². The van der Waals surface area contributed by atoms with E-state index in [-0.39, 0.29) is 18.3 Å². The third kappa shape index (κ3) is 5.43. The standard InChI is InChI=1S/C24H20BrCl2N3O3/c1-14-23(15(2)30(29-14)12-16-7-9-19(26)20(27)11-16)28-24(31)22-10-8-17(33-22)13-32-21-6-4-3-5-18(21)25/h3-11H,12-13H2,1-2H3,(H,28,31). The van der Waals surface area contributed by atoms with Gasteiger partial charge >= 0.3 is 0 Å². The van der Waals surface area contributed by atoms with E-state index < -0.39 is 0 Å². The summed E-state index contributed by atoms with van der Waals surface area (Å²) in [6.45, 7) is 4.44. The van der Waals surface area contributed by atoms with Gasteiger partial charge in [-0.05, 0) is 71.7 Å². The largest absolute Gasteiger partial charge is 0.484 e. The average molecular weight is 549 g/mol. The summed E-state index contributed by atoms with van der Waals surface area (Å²) in [4.78, 5) is 12.8. The van der Waals surface area contributed by atoms with Crippen molar-refractivity contribution in [3.8, 4) is 5.75 Å². The van der Waals surface area contributed by atoms with E-state index in [2.05, 4.69) is 26.3 Å². The second kappa shape index (κ2) is 10.0. The Kier molecular flexibility index (Phi) is 7.12. The summed E-state index contributed by atoms with van der Waals surface area (Å²) in [5, 5.41) is 8.45. The van der Waals surface area contributed by atoms with Crippen LogP contribution in [0.2, 0.25) is 10.0 Å². The molecule has 2 heterocycles. The molecule has 0 aliphatic carbocycles. The summed E-state index contributed by atoms with van der Waals surface area (Å²) in [5.41, 5.74) is 3.11. The Morgan fingerprint density at radius 3 is 2.67 bits per heavy atom. The zero-order chi connectivity index (χ0) is 23.5. The number of carbonyl (C=O) groups is 1. The van der Waals surface area contributed by atoms with Gasteiger partial charge in [-0.15, -0.1) is 0 Å². The van der Waals surface area contributed by atoms with Crippen molar-refractivity contribution in [1.29, 1.82) is 0 Å². The van der Waals surface area contributed by atoms with Crippen molar-refractivity contribution < 1.29 is 13.9 Å². The first-order chi connectivity index (χ1) is 15.8. The number of halogens is 3. The van der Waals surface area contributed by atoms with Gasteiger partial charge in [-0.3, -0.25) is 9.48 Å². The zero-order valence-electron chi connectivity index (χ0n) is 17.9. The molecule has 0 atom stereocenters. The summed E-state index contributed by atoms with van der Waals surface area (Å²) in [6.07, 6.45) is 0. The SMILES string of the molecule is Cc1nn(Cc2ccc(Cl)c(Cl)c2)c(C)c1NC(=O)c1ccc(COc2ccccc2Br)o1. The van der Waals surface area contributed by atoms with Gasteiger partial charge in [0.2, 0.25) is 0 Å². The second-order valence-corrected chi connectivity index (χ2v) is 9.06. The van der Waals surface area contributed by atoms with Crippen LogP contribution in [0.4, 0.5) is 5.69 Å².